The van der Waals surface area contributed by atoms with Gasteiger partial charge in [0, 0.05) is 33.4 Å². The van der Waals surface area contributed by atoms with Crippen LogP contribution in [0.4, 0.5) is 0 Å². The minimum atomic E-state index is -0.235. The largest absolute Gasteiger partial charge is 0.385 e. The van der Waals surface area contributed by atoms with Gasteiger partial charge in [-0.15, -0.1) is 5.10 Å². The highest BCUT2D eigenvalue weighted by molar-refractivity contribution is 7.99. The van der Waals surface area contributed by atoms with Crippen LogP contribution in [0.15, 0.2) is 9.95 Å². The molecule has 1 fully saturated rings. The number of hydrogen-bond acceptors (Lipinski definition) is 5. The van der Waals surface area contributed by atoms with Crippen molar-refractivity contribution in [1.29, 1.82) is 0 Å². The Balaban J connectivity index is 1.87. The van der Waals surface area contributed by atoms with Gasteiger partial charge in [0.1, 0.15) is 0 Å². The quantitative estimate of drug-likeness (QED) is 0.599. The van der Waals surface area contributed by atoms with Crippen LogP contribution in [0.5, 0.6) is 0 Å². The van der Waals surface area contributed by atoms with Gasteiger partial charge in [0.15, 0.2) is 5.16 Å². The Morgan fingerprint density at radius 2 is 2.05 bits per heavy atom. The number of aromatic nitrogens is 3. The molecule has 1 N–H and O–H groups in total. The fourth-order valence-electron chi connectivity index (χ4n) is 2.52. The molecule has 0 aromatic carbocycles. The van der Waals surface area contributed by atoms with Gasteiger partial charge < -0.3 is 9.64 Å². The van der Waals surface area contributed by atoms with Crippen molar-refractivity contribution < 1.29 is 9.53 Å². The Bertz CT molecular complexity index is 520. The zero-order valence-corrected chi connectivity index (χ0v) is 13.9. The smallest absolute Gasteiger partial charge is 0.343 e. The van der Waals surface area contributed by atoms with Crippen LogP contribution in [-0.2, 0) is 16.1 Å². The number of hydrogen-bond donors (Lipinski definition) is 1. The van der Waals surface area contributed by atoms with Gasteiger partial charge in [-0.25, -0.2) is 9.89 Å². The van der Waals surface area contributed by atoms with Gasteiger partial charge in [-0.2, -0.15) is 0 Å². The van der Waals surface area contributed by atoms with Crippen LogP contribution in [0.3, 0.4) is 0 Å². The van der Waals surface area contributed by atoms with Crippen molar-refractivity contribution in [1.82, 2.24) is 19.7 Å². The number of methoxy groups -OCH3 is 1. The second kappa shape index (κ2) is 8.99. The lowest BCUT2D eigenvalue weighted by Crippen LogP contribution is -2.33. The van der Waals surface area contributed by atoms with E-state index >= 15 is 0 Å². The third-order valence-electron chi connectivity index (χ3n) is 3.74. The SMILES string of the molecule is COCCCn1c(SCC(=O)N2CCCCCC2)n[nH]c1=O. The average Bonchev–Trinajstić information content (AvgIpc) is 2.72. The fourth-order valence-corrected chi connectivity index (χ4v) is 3.39. The van der Waals surface area contributed by atoms with Gasteiger partial charge in [-0.05, 0) is 19.3 Å². The summed E-state index contributed by atoms with van der Waals surface area (Å²) < 4.78 is 6.56. The number of likely N-dealkylation sites (tertiary alicyclic amines) is 1. The van der Waals surface area contributed by atoms with Gasteiger partial charge in [-0.3, -0.25) is 9.36 Å². The molecule has 0 bridgehead atoms. The Hall–Kier alpha value is -1.28. The molecule has 8 heteroatoms. The van der Waals surface area contributed by atoms with E-state index in [2.05, 4.69) is 10.2 Å². The number of amides is 1. The predicted molar refractivity (Wildman–Crippen MR) is 85.1 cm³/mol. The first-order valence-electron chi connectivity index (χ1n) is 7.77. The number of nitrogens with one attached hydrogen (secondary N) is 1. The van der Waals surface area contributed by atoms with Gasteiger partial charge in [-0.1, -0.05) is 24.6 Å². The molecule has 1 aromatic rings. The summed E-state index contributed by atoms with van der Waals surface area (Å²) in [6.07, 6.45) is 5.31. The summed E-state index contributed by atoms with van der Waals surface area (Å²) in [4.78, 5) is 25.9. The number of rotatable bonds is 7. The van der Waals surface area contributed by atoms with Crippen LogP contribution in [0.1, 0.15) is 32.1 Å². The summed E-state index contributed by atoms with van der Waals surface area (Å²) in [5, 5.41) is 7.03. The van der Waals surface area contributed by atoms with Gasteiger partial charge in [0.05, 0.1) is 5.75 Å². The Morgan fingerprint density at radius 3 is 2.73 bits per heavy atom. The van der Waals surface area contributed by atoms with E-state index in [4.69, 9.17) is 4.74 Å². The second-order valence-electron chi connectivity index (χ2n) is 5.39. The molecule has 7 nitrogen and oxygen atoms in total. The Morgan fingerprint density at radius 1 is 1.32 bits per heavy atom. The molecule has 0 radical (unpaired) electrons. The Kier molecular flexibility index (Phi) is 6.98. The van der Waals surface area contributed by atoms with E-state index in [0.29, 0.717) is 24.1 Å². The van der Waals surface area contributed by atoms with E-state index in [1.807, 2.05) is 4.90 Å². The molecule has 2 rings (SSSR count). The third kappa shape index (κ3) is 4.88. The lowest BCUT2D eigenvalue weighted by molar-refractivity contribution is -0.128. The van der Waals surface area contributed by atoms with E-state index in [9.17, 15) is 9.59 Å². The molecule has 1 aliphatic rings. The van der Waals surface area contributed by atoms with Crippen molar-refractivity contribution in [2.24, 2.45) is 0 Å². The molecule has 2 heterocycles. The van der Waals surface area contributed by atoms with Crippen molar-refractivity contribution >= 4 is 17.7 Å². The van der Waals surface area contributed by atoms with Crippen molar-refractivity contribution in [2.45, 2.75) is 43.8 Å². The second-order valence-corrected chi connectivity index (χ2v) is 6.34. The van der Waals surface area contributed by atoms with Crippen LogP contribution in [0.25, 0.3) is 0 Å². The maximum Gasteiger partial charge on any atom is 0.343 e. The standard InChI is InChI=1S/C14H24N4O3S/c1-21-10-6-9-18-13(20)15-16-14(18)22-11-12(19)17-7-4-2-3-5-8-17/h2-11H2,1H3,(H,15,20). The molecule has 0 unspecified atom stereocenters. The molecule has 0 spiro atoms. The minimum Gasteiger partial charge on any atom is -0.385 e. The Labute approximate surface area is 134 Å². The first-order valence-corrected chi connectivity index (χ1v) is 8.75. The minimum absolute atomic E-state index is 0.130. The van der Waals surface area contributed by atoms with E-state index in [0.717, 1.165) is 32.4 Å². The maximum absolute atomic E-state index is 12.3. The highest BCUT2D eigenvalue weighted by Gasteiger charge is 2.17. The molecule has 1 saturated heterocycles. The first-order chi connectivity index (χ1) is 10.7. The zero-order chi connectivity index (χ0) is 15.8. The summed E-state index contributed by atoms with van der Waals surface area (Å²) >= 11 is 1.32. The van der Waals surface area contributed by atoms with E-state index in [1.165, 1.54) is 24.6 Å². The number of aromatic amines is 1. The summed E-state index contributed by atoms with van der Waals surface area (Å²) in [5.41, 5.74) is -0.235. The monoisotopic (exact) mass is 328 g/mol. The molecule has 22 heavy (non-hydrogen) atoms. The van der Waals surface area contributed by atoms with Crippen molar-refractivity contribution in [3.8, 4) is 0 Å². The van der Waals surface area contributed by atoms with Crippen LogP contribution in [0, 0.1) is 0 Å². The third-order valence-corrected chi connectivity index (χ3v) is 4.70. The van der Waals surface area contributed by atoms with Crippen molar-refractivity contribution in [3.05, 3.63) is 10.5 Å². The summed E-state index contributed by atoms with van der Waals surface area (Å²) in [6, 6.07) is 0. The maximum atomic E-state index is 12.3. The lowest BCUT2D eigenvalue weighted by atomic mass is 10.2. The van der Waals surface area contributed by atoms with Crippen molar-refractivity contribution in [3.63, 3.8) is 0 Å². The van der Waals surface area contributed by atoms with Crippen LogP contribution < -0.4 is 5.69 Å². The van der Waals surface area contributed by atoms with Crippen LogP contribution in [0.2, 0.25) is 0 Å². The first kappa shape index (κ1) is 17.1. The fraction of sp³-hybridized carbons (Fsp3) is 0.786. The highest BCUT2D eigenvalue weighted by Crippen LogP contribution is 2.16. The van der Waals surface area contributed by atoms with E-state index < -0.39 is 0 Å². The van der Waals surface area contributed by atoms with Gasteiger partial charge in [0.25, 0.3) is 0 Å². The molecule has 1 aliphatic heterocycles. The summed E-state index contributed by atoms with van der Waals surface area (Å²) in [7, 11) is 1.63. The number of carbonyl (C=O) groups excluding carboxylic acids is 1. The highest BCUT2D eigenvalue weighted by atomic mass is 32.2. The van der Waals surface area contributed by atoms with E-state index in [-0.39, 0.29) is 11.6 Å². The molecule has 1 aromatic heterocycles. The molecule has 0 aliphatic carbocycles. The molecule has 0 atom stereocenters. The molecular formula is C14H24N4O3S. The summed E-state index contributed by atoms with van der Waals surface area (Å²) in [6.45, 7) is 2.83. The van der Waals surface area contributed by atoms with Gasteiger partial charge >= 0.3 is 5.69 Å². The lowest BCUT2D eigenvalue weighted by Gasteiger charge is -2.19. The molecule has 0 saturated carbocycles. The normalized spacial score (nSPS) is 15.8. The number of thioether (sulfide) groups is 1. The number of nitrogens with zero attached hydrogens (tertiary/aromatic N) is 3. The topological polar surface area (TPSA) is 80.2 Å². The number of carbonyl (C=O) groups is 1. The van der Waals surface area contributed by atoms with Crippen molar-refractivity contribution in [2.75, 3.05) is 32.6 Å². The molecule has 1 amide bonds. The summed E-state index contributed by atoms with van der Waals surface area (Å²) in [5.74, 6) is 0.458. The van der Waals surface area contributed by atoms with Crippen LogP contribution in [-0.4, -0.2) is 58.1 Å². The molecule has 124 valence electrons. The number of ether oxygens (including phenoxy) is 1. The zero-order valence-electron chi connectivity index (χ0n) is 13.0. The number of H-pyrrole nitrogens is 1. The average molecular weight is 328 g/mol. The molecular weight excluding hydrogens is 304 g/mol. The van der Waals surface area contributed by atoms with Gasteiger partial charge in [0.2, 0.25) is 5.91 Å². The predicted octanol–water partition coefficient (Wildman–Crippen LogP) is 1.10. The van der Waals surface area contributed by atoms with E-state index in [1.54, 1.807) is 11.7 Å². The van der Waals surface area contributed by atoms with Crippen LogP contribution >= 0.6 is 11.8 Å².